The van der Waals surface area contributed by atoms with E-state index in [0.29, 0.717) is 0 Å². The summed E-state index contributed by atoms with van der Waals surface area (Å²) in [6, 6.07) is 0.285. The SMILES string of the molecule is CC(C)CCCNCC1CCCCN1C(=O)OC(C)(C)C. The number of ether oxygens (including phenoxy) is 1. The largest absolute Gasteiger partial charge is 0.444 e. The van der Waals surface area contributed by atoms with Crippen LogP contribution in [0.25, 0.3) is 0 Å². The molecule has 4 heteroatoms. The summed E-state index contributed by atoms with van der Waals surface area (Å²) in [6.07, 6.45) is 5.68. The topological polar surface area (TPSA) is 41.6 Å². The van der Waals surface area contributed by atoms with Crippen molar-refractivity contribution < 1.29 is 9.53 Å². The monoisotopic (exact) mass is 298 g/mol. The molecule has 1 N–H and O–H groups in total. The number of piperidine rings is 1. The van der Waals surface area contributed by atoms with Crippen LogP contribution >= 0.6 is 0 Å². The lowest BCUT2D eigenvalue weighted by molar-refractivity contribution is 0.00997. The summed E-state index contributed by atoms with van der Waals surface area (Å²) >= 11 is 0. The quantitative estimate of drug-likeness (QED) is 0.758. The molecule has 1 rings (SSSR count). The van der Waals surface area contributed by atoms with Gasteiger partial charge in [-0.3, -0.25) is 0 Å². The minimum absolute atomic E-state index is 0.156. The highest BCUT2D eigenvalue weighted by molar-refractivity contribution is 5.68. The van der Waals surface area contributed by atoms with E-state index in [1.54, 1.807) is 0 Å². The molecule has 21 heavy (non-hydrogen) atoms. The van der Waals surface area contributed by atoms with E-state index < -0.39 is 5.60 Å². The molecule has 0 aliphatic carbocycles. The van der Waals surface area contributed by atoms with Crippen LogP contribution in [-0.4, -0.2) is 42.3 Å². The molecule has 1 fully saturated rings. The molecule has 1 aliphatic heterocycles. The standard InChI is InChI=1S/C17H34N2O2/c1-14(2)9-8-11-18-13-15-10-6-7-12-19(15)16(20)21-17(3,4)5/h14-15,18H,6-13H2,1-5H3. The number of carbonyl (C=O) groups excluding carboxylic acids is 1. The molecule has 1 heterocycles. The van der Waals surface area contributed by atoms with E-state index in [4.69, 9.17) is 4.74 Å². The van der Waals surface area contributed by atoms with E-state index in [0.717, 1.165) is 38.4 Å². The van der Waals surface area contributed by atoms with Gasteiger partial charge in [-0.1, -0.05) is 13.8 Å². The van der Waals surface area contributed by atoms with Gasteiger partial charge in [0.1, 0.15) is 5.60 Å². The zero-order chi connectivity index (χ0) is 15.9. The molecule has 1 atom stereocenters. The number of amides is 1. The van der Waals surface area contributed by atoms with Crippen molar-refractivity contribution in [2.45, 2.75) is 78.4 Å². The maximum Gasteiger partial charge on any atom is 0.410 e. The van der Waals surface area contributed by atoms with Crippen LogP contribution in [0.5, 0.6) is 0 Å². The van der Waals surface area contributed by atoms with Crippen LogP contribution in [-0.2, 0) is 4.74 Å². The van der Waals surface area contributed by atoms with Gasteiger partial charge in [0, 0.05) is 19.1 Å². The number of likely N-dealkylation sites (tertiary alicyclic amines) is 1. The molecule has 0 saturated carbocycles. The van der Waals surface area contributed by atoms with Crippen molar-refractivity contribution in [3.8, 4) is 0 Å². The molecule has 0 aromatic rings. The summed E-state index contributed by atoms with van der Waals surface area (Å²) in [5, 5.41) is 3.51. The fourth-order valence-electron chi connectivity index (χ4n) is 2.68. The first-order chi connectivity index (χ1) is 9.79. The average molecular weight is 298 g/mol. The smallest absolute Gasteiger partial charge is 0.410 e. The average Bonchev–Trinajstić information content (AvgIpc) is 2.36. The minimum Gasteiger partial charge on any atom is -0.444 e. The predicted octanol–water partition coefficient (Wildman–Crippen LogP) is 3.80. The Morgan fingerprint density at radius 3 is 2.67 bits per heavy atom. The molecular formula is C17H34N2O2. The molecule has 1 unspecified atom stereocenters. The van der Waals surface area contributed by atoms with Gasteiger partial charge in [0.25, 0.3) is 0 Å². The number of hydrogen-bond acceptors (Lipinski definition) is 3. The van der Waals surface area contributed by atoms with Gasteiger partial charge in [0.15, 0.2) is 0 Å². The zero-order valence-corrected chi connectivity index (χ0v) is 14.6. The van der Waals surface area contributed by atoms with E-state index in [-0.39, 0.29) is 12.1 Å². The highest BCUT2D eigenvalue weighted by atomic mass is 16.6. The maximum atomic E-state index is 12.3. The van der Waals surface area contributed by atoms with Crippen LogP contribution in [0.15, 0.2) is 0 Å². The molecule has 4 nitrogen and oxygen atoms in total. The van der Waals surface area contributed by atoms with Gasteiger partial charge in [0.05, 0.1) is 0 Å². The highest BCUT2D eigenvalue weighted by Gasteiger charge is 2.29. The summed E-state index contributed by atoms with van der Waals surface area (Å²) in [5.74, 6) is 0.764. The molecular weight excluding hydrogens is 264 g/mol. The molecule has 1 saturated heterocycles. The molecule has 1 aliphatic rings. The number of carbonyl (C=O) groups is 1. The second-order valence-electron chi connectivity index (χ2n) is 7.56. The first-order valence-electron chi connectivity index (χ1n) is 8.50. The van der Waals surface area contributed by atoms with E-state index in [1.165, 1.54) is 19.3 Å². The summed E-state index contributed by atoms with van der Waals surface area (Å²) in [6.45, 7) is 13.0. The Hall–Kier alpha value is -0.770. The van der Waals surface area contributed by atoms with Crippen molar-refractivity contribution >= 4 is 6.09 Å². The van der Waals surface area contributed by atoms with Crippen LogP contribution in [0.2, 0.25) is 0 Å². The maximum absolute atomic E-state index is 12.3. The van der Waals surface area contributed by atoms with Gasteiger partial charge in [-0.25, -0.2) is 4.79 Å². The predicted molar refractivity (Wildman–Crippen MR) is 87.5 cm³/mol. The second-order valence-corrected chi connectivity index (χ2v) is 7.56. The Balaban J connectivity index is 2.37. The molecule has 0 spiro atoms. The molecule has 0 aromatic heterocycles. The fourth-order valence-corrected chi connectivity index (χ4v) is 2.68. The lowest BCUT2D eigenvalue weighted by atomic mass is 10.0. The van der Waals surface area contributed by atoms with Crippen molar-refractivity contribution in [1.82, 2.24) is 10.2 Å². The summed E-state index contributed by atoms with van der Waals surface area (Å²) in [4.78, 5) is 14.2. The van der Waals surface area contributed by atoms with Crippen LogP contribution in [0.4, 0.5) is 4.79 Å². The Kier molecular flexibility index (Phi) is 7.50. The third kappa shape index (κ3) is 7.70. The van der Waals surface area contributed by atoms with Crippen LogP contribution in [0, 0.1) is 5.92 Å². The number of nitrogens with zero attached hydrogens (tertiary/aromatic N) is 1. The Morgan fingerprint density at radius 2 is 2.05 bits per heavy atom. The Labute approximate surface area is 130 Å². The Bertz CT molecular complexity index is 310. The Morgan fingerprint density at radius 1 is 1.33 bits per heavy atom. The van der Waals surface area contributed by atoms with E-state index in [1.807, 2.05) is 25.7 Å². The molecule has 0 bridgehead atoms. The van der Waals surface area contributed by atoms with E-state index in [9.17, 15) is 4.79 Å². The van der Waals surface area contributed by atoms with Gasteiger partial charge < -0.3 is 15.0 Å². The summed E-state index contributed by atoms with van der Waals surface area (Å²) in [5.41, 5.74) is -0.413. The fraction of sp³-hybridized carbons (Fsp3) is 0.941. The van der Waals surface area contributed by atoms with Crippen molar-refractivity contribution in [2.75, 3.05) is 19.6 Å². The number of nitrogens with one attached hydrogen (secondary N) is 1. The third-order valence-electron chi connectivity index (χ3n) is 3.77. The van der Waals surface area contributed by atoms with Gasteiger partial charge in [-0.2, -0.15) is 0 Å². The van der Waals surface area contributed by atoms with Gasteiger partial charge in [0.2, 0.25) is 0 Å². The number of hydrogen-bond donors (Lipinski definition) is 1. The number of rotatable bonds is 6. The van der Waals surface area contributed by atoms with Gasteiger partial charge in [-0.05, 0) is 65.3 Å². The van der Waals surface area contributed by atoms with Crippen molar-refractivity contribution in [1.29, 1.82) is 0 Å². The molecule has 0 aromatic carbocycles. The molecule has 1 amide bonds. The highest BCUT2D eigenvalue weighted by Crippen LogP contribution is 2.20. The van der Waals surface area contributed by atoms with Gasteiger partial charge in [-0.15, -0.1) is 0 Å². The first kappa shape index (κ1) is 18.3. The van der Waals surface area contributed by atoms with E-state index in [2.05, 4.69) is 19.2 Å². The van der Waals surface area contributed by atoms with Crippen molar-refractivity contribution in [3.05, 3.63) is 0 Å². The molecule has 0 radical (unpaired) electrons. The lowest BCUT2D eigenvalue weighted by Gasteiger charge is -2.37. The van der Waals surface area contributed by atoms with Gasteiger partial charge >= 0.3 is 6.09 Å². The second kappa shape index (κ2) is 8.62. The van der Waals surface area contributed by atoms with E-state index >= 15 is 0 Å². The lowest BCUT2D eigenvalue weighted by Crippen LogP contribution is -2.50. The first-order valence-corrected chi connectivity index (χ1v) is 8.50. The zero-order valence-electron chi connectivity index (χ0n) is 14.6. The van der Waals surface area contributed by atoms with Crippen molar-refractivity contribution in [2.24, 2.45) is 5.92 Å². The van der Waals surface area contributed by atoms with Crippen LogP contribution < -0.4 is 5.32 Å². The third-order valence-corrected chi connectivity index (χ3v) is 3.77. The van der Waals surface area contributed by atoms with Crippen molar-refractivity contribution in [3.63, 3.8) is 0 Å². The summed E-state index contributed by atoms with van der Waals surface area (Å²) < 4.78 is 5.53. The normalized spacial score (nSPS) is 19.9. The van der Waals surface area contributed by atoms with Crippen LogP contribution in [0.3, 0.4) is 0 Å². The molecule has 124 valence electrons. The van der Waals surface area contributed by atoms with Crippen LogP contribution in [0.1, 0.15) is 66.7 Å². The minimum atomic E-state index is -0.413. The summed E-state index contributed by atoms with van der Waals surface area (Å²) in [7, 11) is 0.